The number of H-pyrrole nitrogens is 1. The summed E-state index contributed by atoms with van der Waals surface area (Å²) >= 11 is 5.29. The molecule has 0 bridgehead atoms. The fourth-order valence-electron chi connectivity index (χ4n) is 2.50. The first-order chi connectivity index (χ1) is 13.0. The summed E-state index contributed by atoms with van der Waals surface area (Å²) in [5.41, 5.74) is 2.77. The van der Waals surface area contributed by atoms with Crippen molar-refractivity contribution in [3.8, 4) is 22.9 Å². The van der Waals surface area contributed by atoms with Gasteiger partial charge in [0.25, 0.3) is 0 Å². The molecule has 0 amide bonds. The highest BCUT2D eigenvalue weighted by molar-refractivity contribution is 7.71. The van der Waals surface area contributed by atoms with E-state index in [0.29, 0.717) is 22.1 Å². The largest absolute Gasteiger partial charge is 0.493 e. The summed E-state index contributed by atoms with van der Waals surface area (Å²) in [6.45, 7) is 3.34. The Morgan fingerprint density at radius 3 is 2.78 bits per heavy atom. The van der Waals surface area contributed by atoms with E-state index >= 15 is 0 Å². The Morgan fingerprint density at radius 2 is 2.07 bits per heavy atom. The van der Waals surface area contributed by atoms with E-state index in [1.54, 1.807) is 29.1 Å². The van der Waals surface area contributed by atoms with Crippen molar-refractivity contribution in [3.05, 3.63) is 58.4 Å². The SMILES string of the molecule is COc1cc(C=Nn2c(-c3cccc(C)c3)n[nH]c2=S)ccc1OC(C)=O. The van der Waals surface area contributed by atoms with Crippen LogP contribution in [-0.2, 0) is 4.79 Å². The number of aromatic amines is 1. The van der Waals surface area contributed by atoms with E-state index in [4.69, 9.17) is 21.7 Å². The molecule has 0 aliphatic rings. The Balaban J connectivity index is 1.94. The van der Waals surface area contributed by atoms with Crippen LogP contribution in [0, 0.1) is 11.7 Å². The molecule has 0 radical (unpaired) electrons. The van der Waals surface area contributed by atoms with Crippen molar-refractivity contribution < 1.29 is 14.3 Å². The van der Waals surface area contributed by atoms with Crippen molar-refractivity contribution in [3.63, 3.8) is 0 Å². The fraction of sp³-hybridized carbons (Fsp3) is 0.158. The molecule has 0 atom stereocenters. The number of rotatable bonds is 5. The highest BCUT2D eigenvalue weighted by atomic mass is 32.1. The number of aryl methyl sites for hydroxylation is 1. The van der Waals surface area contributed by atoms with Gasteiger partial charge in [-0.25, -0.2) is 5.10 Å². The van der Waals surface area contributed by atoms with Crippen molar-refractivity contribution in [2.75, 3.05) is 7.11 Å². The molecule has 0 spiro atoms. The minimum atomic E-state index is -0.415. The van der Waals surface area contributed by atoms with Gasteiger partial charge in [0.1, 0.15) is 0 Å². The molecule has 1 aromatic heterocycles. The average Bonchev–Trinajstić information content (AvgIpc) is 3.01. The third-order valence-electron chi connectivity index (χ3n) is 3.69. The first-order valence-electron chi connectivity index (χ1n) is 8.13. The molecule has 0 aliphatic heterocycles. The molecule has 3 rings (SSSR count). The lowest BCUT2D eigenvalue weighted by Crippen LogP contribution is -2.03. The van der Waals surface area contributed by atoms with Crippen molar-refractivity contribution in [1.82, 2.24) is 14.9 Å². The monoisotopic (exact) mass is 382 g/mol. The molecule has 138 valence electrons. The number of carbonyl (C=O) groups excluding carboxylic acids is 1. The maximum Gasteiger partial charge on any atom is 0.308 e. The van der Waals surface area contributed by atoms with Crippen LogP contribution in [0.25, 0.3) is 11.4 Å². The highest BCUT2D eigenvalue weighted by Gasteiger charge is 2.09. The smallest absolute Gasteiger partial charge is 0.308 e. The van der Waals surface area contributed by atoms with Gasteiger partial charge >= 0.3 is 5.97 Å². The molecule has 1 N–H and O–H groups in total. The van der Waals surface area contributed by atoms with Gasteiger partial charge in [-0.15, -0.1) is 0 Å². The second-order valence-corrected chi connectivity index (χ2v) is 6.17. The van der Waals surface area contributed by atoms with Crippen LogP contribution in [0.15, 0.2) is 47.6 Å². The van der Waals surface area contributed by atoms with Crippen LogP contribution in [0.2, 0.25) is 0 Å². The minimum absolute atomic E-state index is 0.350. The van der Waals surface area contributed by atoms with Crippen molar-refractivity contribution in [2.24, 2.45) is 5.10 Å². The van der Waals surface area contributed by atoms with Gasteiger partial charge in [-0.2, -0.15) is 14.9 Å². The van der Waals surface area contributed by atoms with Gasteiger partial charge in [0.05, 0.1) is 13.3 Å². The number of benzene rings is 2. The molecule has 0 aliphatic carbocycles. The standard InChI is InChI=1S/C19H18N4O3S/c1-12-5-4-6-15(9-12)18-21-22-19(27)23(18)20-11-14-7-8-16(26-13(2)24)17(10-14)25-3/h4-11H,1-3H3,(H,22,27). The third-order valence-corrected chi connectivity index (χ3v) is 3.95. The number of esters is 1. The number of methoxy groups -OCH3 is 1. The van der Waals surface area contributed by atoms with E-state index in [1.807, 2.05) is 31.2 Å². The predicted molar refractivity (Wildman–Crippen MR) is 105 cm³/mol. The van der Waals surface area contributed by atoms with Crippen molar-refractivity contribution >= 4 is 24.4 Å². The molecule has 0 unspecified atom stereocenters. The van der Waals surface area contributed by atoms with E-state index < -0.39 is 5.97 Å². The van der Waals surface area contributed by atoms with E-state index in [-0.39, 0.29) is 0 Å². The molecule has 1 heterocycles. The van der Waals surface area contributed by atoms with Gasteiger partial charge in [0.2, 0.25) is 4.77 Å². The highest BCUT2D eigenvalue weighted by Crippen LogP contribution is 2.27. The Hall–Kier alpha value is -3.26. The van der Waals surface area contributed by atoms with Gasteiger partial charge in [0, 0.05) is 12.5 Å². The second kappa shape index (κ2) is 7.96. The lowest BCUT2D eigenvalue weighted by molar-refractivity contribution is -0.132. The number of ether oxygens (including phenoxy) is 2. The zero-order valence-electron chi connectivity index (χ0n) is 15.1. The molecule has 0 fully saturated rings. The molecule has 8 heteroatoms. The maximum absolute atomic E-state index is 11.2. The van der Waals surface area contributed by atoms with Gasteiger partial charge < -0.3 is 9.47 Å². The minimum Gasteiger partial charge on any atom is -0.493 e. The second-order valence-electron chi connectivity index (χ2n) is 5.78. The Bertz CT molecular complexity index is 1070. The van der Waals surface area contributed by atoms with Gasteiger partial charge in [-0.1, -0.05) is 23.8 Å². The normalized spacial score (nSPS) is 10.9. The summed E-state index contributed by atoms with van der Waals surface area (Å²) < 4.78 is 12.3. The fourth-order valence-corrected chi connectivity index (χ4v) is 2.68. The average molecular weight is 382 g/mol. The summed E-state index contributed by atoms with van der Waals surface area (Å²) in [4.78, 5) is 11.2. The summed E-state index contributed by atoms with van der Waals surface area (Å²) in [5, 5.41) is 11.5. The van der Waals surface area contributed by atoms with Crippen LogP contribution in [0.3, 0.4) is 0 Å². The van der Waals surface area contributed by atoms with Crippen LogP contribution in [0.5, 0.6) is 11.5 Å². The summed E-state index contributed by atoms with van der Waals surface area (Å²) in [6.07, 6.45) is 1.63. The van der Waals surface area contributed by atoms with Crippen LogP contribution < -0.4 is 9.47 Å². The number of hydrogen-bond acceptors (Lipinski definition) is 6. The van der Waals surface area contributed by atoms with Crippen molar-refractivity contribution in [1.29, 1.82) is 0 Å². The van der Waals surface area contributed by atoms with E-state index in [1.165, 1.54) is 14.0 Å². The number of nitrogens with one attached hydrogen (secondary N) is 1. The number of carbonyl (C=O) groups is 1. The van der Waals surface area contributed by atoms with Crippen LogP contribution in [0.1, 0.15) is 18.1 Å². The molecular formula is C19H18N4O3S. The van der Waals surface area contributed by atoms with E-state index in [0.717, 1.165) is 16.7 Å². The molecule has 0 saturated carbocycles. The van der Waals surface area contributed by atoms with E-state index in [9.17, 15) is 4.79 Å². The van der Waals surface area contributed by atoms with Crippen molar-refractivity contribution in [2.45, 2.75) is 13.8 Å². The predicted octanol–water partition coefficient (Wildman–Crippen LogP) is 3.73. The first-order valence-corrected chi connectivity index (χ1v) is 8.54. The molecule has 2 aromatic carbocycles. The third kappa shape index (κ3) is 4.29. The quantitative estimate of drug-likeness (QED) is 0.315. The Morgan fingerprint density at radius 1 is 1.26 bits per heavy atom. The zero-order chi connectivity index (χ0) is 19.4. The Labute approximate surface area is 161 Å². The topological polar surface area (TPSA) is 81.5 Å². The number of aromatic nitrogens is 3. The molecular weight excluding hydrogens is 364 g/mol. The lowest BCUT2D eigenvalue weighted by atomic mass is 10.1. The number of nitrogens with zero attached hydrogens (tertiary/aromatic N) is 3. The lowest BCUT2D eigenvalue weighted by Gasteiger charge is -2.08. The zero-order valence-corrected chi connectivity index (χ0v) is 15.9. The van der Waals surface area contributed by atoms with Gasteiger partial charge in [-0.3, -0.25) is 4.79 Å². The molecule has 3 aromatic rings. The maximum atomic E-state index is 11.2. The molecule has 7 nitrogen and oxygen atoms in total. The molecule has 0 saturated heterocycles. The van der Waals surface area contributed by atoms with Crippen LogP contribution in [-0.4, -0.2) is 34.2 Å². The summed E-state index contributed by atoms with van der Waals surface area (Å²) in [5.74, 6) is 0.983. The first kappa shape index (κ1) is 18.5. The Kier molecular flexibility index (Phi) is 5.46. The van der Waals surface area contributed by atoms with E-state index in [2.05, 4.69) is 15.3 Å². The summed E-state index contributed by atoms with van der Waals surface area (Å²) in [6, 6.07) is 13.1. The van der Waals surface area contributed by atoms with Gasteiger partial charge in [0.15, 0.2) is 17.3 Å². The van der Waals surface area contributed by atoms with Crippen LogP contribution >= 0.6 is 12.2 Å². The van der Waals surface area contributed by atoms with Crippen LogP contribution in [0.4, 0.5) is 0 Å². The number of hydrogen-bond donors (Lipinski definition) is 1. The van der Waals surface area contributed by atoms with Gasteiger partial charge in [-0.05, 0) is 49.0 Å². The summed E-state index contributed by atoms with van der Waals surface area (Å²) in [7, 11) is 1.51. The molecule has 27 heavy (non-hydrogen) atoms.